The van der Waals surface area contributed by atoms with Gasteiger partial charge in [0, 0.05) is 17.3 Å². The highest BCUT2D eigenvalue weighted by atomic mass is 16.5. The van der Waals surface area contributed by atoms with Crippen molar-refractivity contribution in [1.82, 2.24) is 4.98 Å². The molecule has 0 radical (unpaired) electrons. The average Bonchev–Trinajstić information content (AvgIpc) is 2.32. The summed E-state index contributed by atoms with van der Waals surface area (Å²) in [5.74, 6) is 0.826. The monoisotopic (exact) mass is 214 g/mol. The number of nitrogens with zero attached hydrogens (tertiary/aromatic N) is 1. The van der Waals surface area contributed by atoms with Crippen LogP contribution in [0.4, 0.5) is 5.69 Å². The fourth-order valence-electron chi connectivity index (χ4n) is 1.58. The number of aromatic nitrogens is 1. The van der Waals surface area contributed by atoms with Gasteiger partial charge in [-0.15, -0.1) is 0 Å². The number of nitrogens with two attached hydrogens (primary N) is 1. The van der Waals surface area contributed by atoms with Crippen LogP contribution in [0.1, 0.15) is 5.69 Å². The number of rotatable bonds is 2. The van der Waals surface area contributed by atoms with Gasteiger partial charge in [-0.1, -0.05) is 18.2 Å². The van der Waals surface area contributed by atoms with E-state index >= 15 is 0 Å². The van der Waals surface area contributed by atoms with Crippen LogP contribution in [0.2, 0.25) is 0 Å². The fraction of sp³-hybridized carbons (Fsp3) is 0.154. The van der Waals surface area contributed by atoms with E-state index in [1.54, 1.807) is 7.11 Å². The molecule has 0 bridgehead atoms. The lowest BCUT2D eigenvalue weighted by molar-refractivity contribution is 0.416. The topological polar surface area (TPSA) is 48.1 Å². The molecule has 0 atom stereocenters. The Labute approximate surface area is 94.9 Å². The average molecular weight is 214 g/mol. The van der Waals surface area contributed by atoms with E-state index in [0.29, 0.717) is 5.69 Å². The Kier molecular flexibility index (Phi) is 2.77. The second-order valence-electron chi connectivity index (χ2n) is 3.60. The van der Waals surface area contributed by atoms with Gasteiger partial charge in [0.25, 0.3) is 0 Å². The summed E-state index contributed by atoms with van der Waals surface area (Å²) < 4.78 is 5.30. The highest BCUT2D eigenvalue weighted by Crippen LogP contribution is 2.30. The van der Waals surface area contributed by atoms with Crippen molar-refractivity contribution < 1.29 is 4.74 Å². The maximum absolute atomic E-state index is 5.85. The summed E-state index contributed by atoms with van der Waals surface area (Å²) in [7, 11) is 1.66. The predicted octanol–water partition coefficient (Wildman–Crippen LogP) is 2.65. The second-order valence-corrected chi connectivity index (χ2v) is 3.60. The first-order chi connectivity index (χ1) is 7.72. The van der Waals surface area contributed by atoms with Crippen molar-refractivity contribution in [2.45, 2.75) is 6.92 Å². The van der Waals surface area contributed by atoms with Crippen LogP contribution >= 0.6 is 0 Å². The molecule has 1 heterocycles. The Balaban J connectivity index is 2.54. The minimum atomic E-state index is 0.698. The number of hydrogen-bond donors (Lipinski definition) is 1. The van der Waals surface area contributed by atoms with E-state index < -0.39 is 0 Å². The molecule has 16 heavy (non-hydrogen) atoms. The van der Waals surface area contributed by atoms with Crippen molar-refractivity contribution in [3.05, 3.63) is 42.2 Å². The van der Waals surface area contributed by atoms with Gasteiger partial charge in [-0.3, -0.25) is 4.98 Å². The number of anilines is 1. The zero-order valence-electron chi connectivity index (χ0n) is 9.40. The standard InChI is InChI=1S/C13H14N2O/c1-9-12(14)7-10(8-15-9)11-5-3-4-6-13(11)16-2/h3-8H,14H2,1-2H3. The number of nitrogen functional groups attached to an aromatic ring is 1. The molecule has 82 valence electrons. The van der Waals surface area contributed by atoms with Crippen molar-refractivity contribution in [1.29, 1.82) is 0 Å². The maximum atomic E-state index is 5.85. The minimum absolute atomic E-state index is 0.698. The number of aryl methyl sites for hydroxylation is 1. The largest absolute Gasteiger partial charge is 0.496 e. The summed E-state index contributed by atoms with van der Waals surface area (Å²) in [6, 6.07) is 9.73. The molecule has 2 rings (SSSR count). The SMILES string of the molecule is COc1ccccc1-c1cnc(C)c(N)c1. The number of ether oxygens (including phenoxy) is 1. The third-order valence-electron chi connectivity index (χ3n) is 2.54. The van der Waals surface area contributed by atoms with Crippen molar-refractivity contribution in [2.75, 3.05) is 12.8 Å². The third-order valence-corrected chi connectivity index (χ3v) is 2.54. The molecule has 0 spiro atoms. The van der Waals surface area contributed by atoms with Crippen LogP contribution in [-0.4, -0.2) is 12.1 Å². The van der Waals surface area contributed by atoms with E-state index in [0.717, 1.165) is 22.6 Å². The highest BCUT2D eigenvalue weighted by Gasteiger charge is 2.06. The maximum Gasteiger partial charge on any atom is 0.126 e. The Morgan fingerprint density at radius 2 is 2.00 bits per heavy atom. The van der Waals surface area contributed by atoms with Crippen LogP contribution in [0.15, 0.2) is 36.5 Å². The molecule has 0 aliphatic rings. The van der Waals surface area contributed by atoms with Crippen LogP contribution in [0.5, 0.6) is 5.75 Å². The van der Waals surface area contributed by atoms with Gasteiger partial charge in [-0.25, -0.2) is 0 Å². The molecule has 3 heteroatoms. The van der Waals surface area contributed by atoms with Crippen LogP contribution in [0, 0.1) is 6.92 Å². The molecule has 0 amide bonds. The van der Waals surface area contributed by atoms with Crippen LogP contribution < -0.4 is 10.5 Å². The summed E-state index contributed by atoms with van der Waals surface area (Å²) in [4.78, 5) is 4.25. The van der Waals surface area contributed by atoms with E-state index in [1.165, 1.54) is 0 Å². The minimum Gasteiger partial charge on any atom is -0.496 e. The van der Waals surface area contributed by atoms with Gasteiger partial charge in [0.15, 0.2) is 0 Å². The van der Waals surface area contributed by atoms with E-state index in [1.807, 2.05) is 43.5 Å². The van der Waals surface area contributed by atoms with Crippen LogP contribution in [0.3, 0.4) is 0 Å². The van der Waals surface area contributed by atoms with Gasteiger partial charge in [-0.05, 0) is 19.1 Å². The molecule has 2 aromatic rings. The van der Waals surface area contributed by atoms with Crippen molar-refractivity contribution in [3.8, 4) is 16.9 Å². The van der Waals surface area contributed by atoms with E-state index in [2.05, 4.69) is 4.98 Å². The first-order valence-electron chi connectivity index (χ1n) is 5.08. The van der Waals surface area contributed by atoms with Gasteiger partial charge < -0.3 is 10.5 Å². The number of hydrogen-bond acceptors (Lipinski definition) is 3. The summed E-state index contributed by atoms with van der Waals surface area (Å²) in [6.07, 6.45) is 1.81. The van der Waals surface area contributed by atoms with E-state index in [9.17, 15) is 0 Å². The molecule has 3 nitrogen and oxygen atoms in total. The van der Waals surface area contributed by atoms with Gasteiger partial charge >= 0.3 is 0 Å². The molecule has 0 saturated heterocycles. The molecule has 1 aromatic heterocycles. The zero-order valence-corrected chi connectivity index (χ0v) is 9.40. The van der Waals surface area contributed by atoms with Gasteiger partial charge in [0.1, 0.15) is 5.75 Å². The van der Waals surface area contributed by atoms with Crippen molar-refractivity contribution in [2.24, 2.45) is 0 Å². The molecule has 0 fully saturated rings. The Morgan fingerprint density at radius 3 is 2.69 bits per heavy atom. The Hall–Kier alpha value is -2.03. The smallest absolute Gasteiger partial charge is 0.126 e. The summed E-state index contributed by atoms with van der Waals surface area (Å²) in [5.41, 5.74) is 9.37. The molecule has 0 unspecified atom stereocenters. The van der Waals surface area contributed by atoms with Crippen molar-refractivity contribution in [3.63, 3.8) is 0 Å². The Morgan fingerprint density at radius 1 is 1.25 bits per heavy atom. The summed E-state index contributed by atoms with van der Waals surface area (Å²) in [5, 5.41) is 0. The summed E-state index contributed by atoms with van der Waals surface area (Å²) in [6.45, 7) is 1.89. The lowest BCUT2D eigenvalue weighted by Gasteiger charge is -2.09. The van der Waals surface area contributed by atoms with Crippen LogP contribution in [0.25, 0.3) is 11.1 Å². The molecule has 2 N–H and O–H groups in total. The quantitative estimate of drug-likeness (QED) is 0.836. The number of benzene rings is 1. The molecular formula is C13H14N2O. The molecule has 0 saturated carbocycles. The van der Waals surface area contributed by atoms with Crippen LogP contribution in [-0.2, 0) is 0 Å². The first-order valence-corrected chi connectivity index (χ1v) is 5.08. The molecule has 1 aromatic carbocycles. The van der Waals surface area contributed by atoms with E-state index in [-0.39, 0.29) is 0 Å². The Bertz CT molecular complexity index is 509. The van der Waals surface area contributed by atoms with E-state index in [4.69, 9.17) is 10.5 Å². The molecule has 0 aliphatic carbocycles. The lowest BCUT2D eigenvalue weighted by atomic mass is 10.1. The predicted molar refractivity (Wildman–Crippen MR) is 65.4 cm³/mol. The number of methoxy groups -OCH3 is 1. The van der Waals surface area contributed by atoms with Crippen molar-refractivity contribution >= 4 is 5.69 Å². The number of para-hydroxylation sites is 1. The van der Waals surface area contributed by atoms with Gasteiger partial charge in [0.2, 0.25) is 0 Å². The third kappa shape index (κ3) is 1.84. The normalized spacial score (nSPS) is 10.1. The fourth-order valence-corrected chi connectivity index (χ4v) is 1.58. The highest BCUT2D eigenvalue weighted by molar-refractivity contribution is 5.72. The second kappa shape index (κ2) is 4.23. The van der Waals surface area contributed by atoms with Gasteiger partial charge in [-0.2, -0.15) is 0 Å². The first kappa shape index (κ1) is 10.5. The zero-order chi connectivity index (χ0) is 11.5. The number of pyridine rings is 1. The van der Waals surface area contributed by atoms with Gasteiger partial charge in [0.05, 0.1) is 18.5 Å². The summed E-state index contributed by atoms with van der Waals surface area (Å²) >= 11 is 0. The lowest BCUT2D eigenvalue weighted by Crippen LogP contribution is -1.94. The molecular weight excluding hydrogens is 200 g/mol. The molecule has 0 aliphatic heterocycles.